The number of hydrogen-bond donors (Lipinski definition) is 1. The number of nitrogens with zero attached hydrogens (tertiary/aromatic N) is 2. The van der Waals surface area contributed by atoms with Gasteiger partial charge in [-0.3, -0.25) is 9.78 Å². The largest absolute Gasteiger partial charge is 0.495 e. The van der Waals surface area contributed by atoms with E-state index < -0.39 is 0 Å². The topological polar surface area (TPSA) is 84.2 Å². The molecule has 3 rings (SSSR count). The number of pyridine rings is 1. The number of nitrogens with one attached hydrogen (secondary N) is 1. The zero-order chi connectivity index (χ0) is 20.8. The predicted molar refractivity (Wildman–Crippen MR) is 110 cm³/mol. The van der Waals surface area contributed by atoms with Crippen molar-refractivity contribution in [3.8, 4) is 17.6 Å². The van der Waals surface area contributed by atoms with Gasteiger partial charge in [0.25, 0.3) is 5.91 Å². The Bertz CT molecular complexity index is 879. The Hall–Kier alpha value is -3.07. The molecule has 1 aliphatic carbocycles. The van der Waals surface area contributed by atoms with Crippen LogP contribution in [-0.2, 0) is 0 Å². The van der Waals surface area contributed by atoms with Crippen molar-refractivity contribution in [1.82, 2.24) is 10.3 Å². The van der Waals surface area contributed by atoms with E-state index in [2.05, 4.69) is 30.2 Å². The van der Waals surface area contributed by atoms with Gasteiger partial charge in [-0.05, 0) is 55.9 Å². The first-order valence-electron chi connectivity index (χ1n) is 10.0. The Morgan fingerprint density at radius 2 is 1.97 bits per heavy atom. The second-order valence-corrected chi connectivity index (χ2v) is 7.67. The van der Waals surface area contributed by atoms with Crippen LogP contribution in [0.25, 0.3) is 0 Å². The molecule has 1 aromatic heterocycles. The van der Waals surface area contributed by atoms with Crippen LogP contribution in [0.15, 0.2) is 36.5 Å². The zero-order valence-electron chi connectivity index (χ0n) is 17.1. The lowest BCUT2D eigenvalue weighted by molar-refractivity contribution is 0.0893. The van der Waals surface area contributed by atoms with Crippen molar-refractivity contribution >= 4 is 5.91 Å². The molecule has 152 valence electrons. The third-order valence-corrected chi connectivity index (χ3v) is 5.25. The van der Waals surface area contributed by atoms with E-state index in [1.54, 1.807) is 31.5 Å². The van der Waals surface area contributed by atoms with Gasteiger partial charge in [-0.2, -0.15) is 5.26 Å². The quantitative estimate of drug-likeness (QED) is 0.795. The third-order valence-electron chi connectivity index (χ3n) is 5.25. The molecule has 0 atom stereocenters. The summed E-state index contributed by atoms with van der Waals surface area (Å²) in [4.78, 5) is 16.8. The maximum Gasteiger partial charge on any atom is 0.253 e. The molecule has 1 aromatic carbocycles. The number of ether oxygens (including phenoxy) is 2. The monoisotopic (exact) mass is 393 g/mol. The summed E-state index contributed by atoms with van der Waals surface area (Å²) in [6, 6.07) is 11.2. The first-order valence-corrected chi connectivity index (χ1v) is 10.0. The van der Waals surface area contributed by atoms with Gasteiger partial charge in [0, 0.05) is 24.0 Å². The molecule has 1 N–H and O–H groups in total. The average Bonchev–Trinajstić information content (AvgIpc) is 2.75. The van der Waals surface area contributed by atoms with Crippen molar-refractivity contribution < 1.29 is 14.3 Å². The number of hydrogen-bond acceptors (Lipinski definition) is 5. The Balaban J connectivity index is 1.50. The van der Waals surface area contributed by atoms with E-state index in [-0.39, 0.29) is 18.1 Å². The number of carbonyl (C=O) groups excluding carboxylic acids is 1. The van der Waals surface area contributed by atoms with Crippen molar-refractivity contribution in [1.29, 1.82) is 5.26 Å². The van der Waals surface area contributed by atoms with Gasteiger partial charge >= 0.3 is 0 Å². The van der Waals surface area contributed by atoms with Crippen LogP contribution in [0.3, 0.4) is 0 Å². The third kappa shape index (κ3) is 5.26. The van der Waals surface area contributed by atoms with Crippen molar-refractivity contribution in [2.24, 2.45) is 0 Å². The summed E-state index contributed by atoms with van der Waals surface area (Å²) in [6.45, 7) is 4.16. The molecule has 1 aliphatic rings. The second kappa shape index (κ2) is 9.42. The van der Waals surface area contributed by atoms with Crippen molar-refractivity contribution in [2.45, 2.75) is 57.6 Å². The number of amides is 1. The van der Waals surface area contributed by atoms with E-state index in [0.717, 1.165) is 31.4 Å². The lowest BCUT2D eigenvalue weighted by atomic mass is 9.92. The molecule has 1 fully saturated rings. The van der Waals surface area contributed by atoms with Crippen LogP contribution >= 0.6 is 0 Å². The van der Waals surface area contributed by atoms with E-state index in [1.165, 1.54) is 0 Å². The number of aromatic nitrogens is 1. The molecule has 0 radical (unpaired) electrons. The highest BCUT2D eigenvalue weighted by Crippen LogP contribution is 2.28. The molecule has 0 spiro atoms. The van der Waals surface area contributed by atoms with Crippen LogP contribution in [0.2, 0.25) is 0 Å². The molecule has 1 amide bonds. The van der Waals surface area contributed by atoms with Crippen LogP contribution in [0.5, 0.6) is 11.5 Å². The van der Waals surface area contributed by atoms with Gasteiger partial charge in [-0.25, -0.2) is 0 Å². The van der Waals surface area contributed by atoms with Crippen molar-refractivity contribution in [3.05, 3.63) is 53.3 Å². The highest BCUT2D eigenvalue weighted by Gasteiger charge is 2.24. The van der Waals surface area contributed by atoms with Gasteiger partial charge in [0.05, 0.1) is 24.3 Å². The van der Waals surface area contributed by atoms with Gasteiger partial charge in [-0.15, -0.1) is 0 Å². The number of carbonyl (C=O) groups is 1. The van der Waals surface area contributed by atoms with E-state index >= 15 is 0 Å². The van der Waals surface area contributed by atoms with E-state index in [1.807, 2.05) is 12.1 Å². The van der Waals surface area contributed by atoms with Gasteiger partial charge in [0.1, 0.15) is 17.6 Å². The normalized spacial score (nSPS) is 18.7. The molecule has 0 aliphatic heterocycles. The van der Waals surface area contributed by atoms with Crippen molar-refractivity contribution in [3.63, 3.8) is 0 Å². The Morgan fingerprint density at radius 1 is 1.21 bits per heavy atom. The maximum atomic E-state index is 12.5. The number of methoxy groups -OCH3 is 1. The number of benzene rings is 1. The lowest BCUT2D eigenvalue weighted by Crippen LogP contribution is -2.39. The predicted octanol–water partition coefficient (Wildman–Crippen LogP) is 4.21. The summed E-state index contributed by atoms with van der Waals surface area (Å²) in [5.41, 5.74) is 2.07. The van der Waals surface area contributed by atoms with E-state index in [9.17, 15) is 4.79 Å². The molecule has 2 aromatic rings. The number of rotatable bonds is 6. The van der Waals surface area contributed by atoms with Gasteiger partial charge in [0.15, 0.2) is 0 Å². The SMILES string of the molecule is COc1cc(OC2CCC(NC(=O)c3ccc(C(C)C)nc3)CC2)ccc1C#N. The van der Waals surface area contributed by atoms with Crippen LogP contribution in [0, 0.1) is 11.3 Å². The highest BCUT2D eigenvalue weighted by molar-refractivity contribution is 5.94. The summed E-state index contributed by atoms with van der Waals surface area (Å²) in [5, 5.41) is 12.2. The molecule has 0 unspecified atom stereocenters. The minimum absolute atomic E-state index is 0.0750. The minimum atomic E-state index is -0.0750. The van der Waals surface area contributed by atoms with Gasteiger partial charge in [-0.1, -0.05) is 13.8 Å². The summed E-state index contributed by atoms with van der Waals surface area (Å²) in [7, 11) is 1.54. The molecule has 1 heterocycles. The van der Waals surface area contributed by atoms with Crippen molar-refractivity contribution in [2.75, 3.05) is 7.11 Å². The Kier molecular flexibility index (Phi) is 6.71. The number of nitriles is 1. The molecule has 6 heteroatoms. The molecule has 0 bridgehead atoms. The fraction of sp³-hybridized carbons (Fsp3) is 0.435. The first kappa shape index (κ1) is 20.7. The summed E-state index contributed by atoms with van der Waals surface area (Å²) >= 11 is 0. The summed E-state index contributed by atoms with van der Waals surface area (Å²) in [5.74, 6) is 1.49. The molecule has 0 saturated heterocycles. The molecule has 1 saturated carbocycles. The smallest absolute Gasteiger partial charge is 0.253 e. The fourth-order valence-electron chi connectivity index (χ4n) is 3.50. The second-order valence-electron chi connectivity index (χ2n) is 7.67. The van der Waals surface area contributed by atoms with Crippen LogP contribution < -0.4 is 14.8 Å². The molecule has 6 nitrogen and oxygen atoms in total. The molecular formula is C23H27N3O3. The van der Waals surface area contributed by atoms with Crippen LogP contribution in [-0.4, -0.2) is 30.1 Å². The Morgan fingerprint density at radius 3 is 2.55 bits per heavy atom. The Labute approximate surface area is 171 Å². The lowest BCUT2D eigenvalue weighted by Gasteiger charge is -2.29. The maximum absolute atomic E-state index is 12.5. The standard InChI is InChI=1S/C23H27N3O3/c1-15(2)21-11-5-17(14-25-21)23(27)26-18-6-9-19(10-7-18)29-20-8-4-16(13-24)22(12-20)28-3/h4-5,8,11-12,14-15,18-19H,6-7,9-10H2,1-3H3,(H,26,27). The molecular weight excluding hydrogens is 366 g/mol. The van der Waals surface area contributed by atoms with Crippen LogP contribution in [0.4, 0.5) is 0 Å². The minimum Gasteiger partial charge on any atom is -0.495 e. The van der Waals surface area contributed by atoms with Gasteiger partial charge < -0.3 is 14.8 Å². The average molecular weight is 393 g/mol. The zero-order valence-corrected chi connectivity index (χ0v) is 17.1. The highest BCUT2D eigenvalue weighted by atomic mass is 16.5. The fourth-order valence-corrected chi connectivity index (χ4v) is 3.50. The summed E-state index contributed by atoms with van der Waals surface area (Å²) in [6.07, 6.45) is 5.18. The van der Waals surface area contributed by atoms with E-state index in [0.29, 0.717) is 28.5 Å². The molecule has 29 heavy (non-hydrogen) atoms. The summed E-state index contributed by atoms with van der Waals surface area (Å²) < 4.78 is 11.3. The van der Waals surface area contributed by atoms with E-state index in [4.69, 9.17) is 14.7 Å². The van der Waals surface area contributed by atoms with Crippen LogP contribution in [0.1, 0.15) is 67.1 Å². The first-order chi connectivity index (χ1) is 14.0. The van der Waals surface area contributed by atoms with Gasteiger partial charge in [0.2, 0.25) is 0 Å².